The van der Waals surface area contributed by atoms with Crippen LogP contribution in [0.4, 0.5) is 0 Å². The quantitative estimate of drug-likeness (QED) is 0.811. The topological polar surface area (TPSA) is 55.8 Å². The molecule has 0 aliphatic heterocycles. The van der Waals surface area contributed by atoms with E-state index in [0.717, 1.165) is 18.4 Å². The first kappa shape index (κ1) is 13.1. The van der Waals surface area contributed by atoms with E-state index in [0.29, 0.717) is 5.56 Å². The lowest BCUT2D eigenvalue weighted by molar-refractivity contribution is -0.153. The number of esters is 1. The molecule has 1 N–H and O–H groups in total. The number of aliphatic hydroxyl groups excluding tert-OH is 1. The fraction of sp³-hybridized carbons (Fsp3) is 0.500. The first-order chi connectivity index (χ1) is 8.63. The van der Waals surface area contributed by atoms with Gasteiger partial charge in [0, 0.05) is 7.11 Å². The summed E-state index contributed by atoms with van der Waals surface area (Å²) in [4.78, 5) is 11.5. The number of carbonyl (C=O) groups is 1. The largest absolute Gasteiger partial charge is 0.464 e. The monoisotopic (exact) mass is 250 g/mol. The molecular weight excluding hydrogens is 232 g/mol. The molecule has 2 rings (SSSR count). The molecule has 1 unspecified atom stereocenters. The normalized spacial score (nSPS) is 18.2. The maximum atomic E-state index is 11.5. The van der Waals surface area contributed by atoms with Crippen molar-refractivity contribution in [2.75, 3.05) is 13.7 Å². The van der Waals surface area contributed by atoms with E-state index in [-0.39, 0.29) is 12.2 Å². The average molecular weight is 250 g/mol. The van der Waals surface area contributed by atoms with Crippen molar-refractivity contribution >= 4 is 5.97 Å². The fourth-order valence-electron chi connectivity index (χ4n) is 2.07. The lowest BCUT2D eigenvalue weighted by Crippen LogP contribution is -2.16. The van der Waals surface area contributed by atoms with Crippen molar-refractivity contribution in [3.8, 4) is 0 Å². The molecule has 0 bridgehead atoms. The molecule has 0 radical (unpaired) electrons. The summed E-state index contributed by atoms with van der Waals surface area (Å²) < 4.78 is 10.3. The molecule has 0 spiro atoms. The van der Waals surface area contributed by atoms with Crippen molar-refractivity contribution in [3.05, 3.63) is 35.4 Å². The summed E-state index contributed by atoms with van der Waals surface area (Å²) in [6.07, 6.45) is 0.725. The summed E-state index contributed by atoms with van der Waals surface area (Å²) in [5, 5.41) is 9.89. The molecule has 0 heterocycles. The molecule has 0 saturated heterocycles. The SMILES string of the molecule is CCOC(=O)C(O)c1cccc(C2(OC)CC2)c1. The van der Waals surface area contributed by atoms with Crippen LogP contribution in [0.2, 0.25) is 0 Å². The van der Waals surface area contributed by atoms with Crippen molar-refractivity contribution in [2.24, 2.45) is 0 Å². The number of carbonyl (C=O) groups excluding carboxylic acids is 1. The van der Waals surface area contributed by atoms with Gasteiger partial charge in [0.1, 0.15) is 0 Å². The number of ether oxygens (including phenoxy) is 2. The zero-order chi connectivity index (χ0) is 13.2. The highest BCUT2D eigenvalue weighted by atomic mass is 16.5. The summed E-state index contributed by atoms with van der Waals surface area (Å²) in [6, 6.07) is 7.32. The minimum Gasteiger partial charge on any atom is -0.464 e. The van der Waals surface area contributed by atoms with Crippen molar-refractivity contribution < 1.29 is 19.4 Å². The number of benzene rings is 1. The van der Waals surface area contributed by atoms with E-state index in [2.05, 4.69) is 0 Å². The third kappa shape index (κ3) is 2.40. The van der Waals surface area contributed by atoms with Gasteiger partial charge in [-0.05, 0) is 37.0 Å². The second-order valence-corrected chi connectivity index (χ2v) is 4.48. The number of hydrogen-bond acceptors (Lipinski definition) is 4. The molecule has 1 aliphatic carbocycles. The minimum absolute atomic E-state index is 0.218. The minimum atomic E-state index is -1.22. The van der Waals surface area contributed by atoms with E-state index in [9.17, 15) is 9.90 Å². The Labute approximate surface area is 107 Å². The van der Waals surface area contributed by atoms with Crippen molar-refractivity contribution in [1.82, 2.24) is 0 Å². The molecule has 1 aromatic carbocycles. The van der Waals surface area contributed by atoms with Crippen LogP contribution in [0.3, 0.4) is 0 Å². The van der Waals surface area contributed by atoms with E-state index < -0.39 is 12.1 Å². The van der Waals surface area contributed by atoms with E-state index in [1.54, 1.807) is 20.1 Å². The highest BCUT2D eigenvalue weighted by molar-refractivity contribution is 5.76. The molecule has 1 aliphatic rings. The Morgan fingerprint density at radius 3 is 2.78 bits per heavy atom. The van der Waals surface area contributed by atoms with Gasteiger partial charge in [-0.2, -0.15) is 0 Å². The van der Waals surface area contributed by atoms with Gasteiger partial charge in [0.15, 0.2) is 6.10 Å². The van der Waals surface area contributed by atoms with Gasteiger partial charge >= 0.3 is 5.97 Å². The molecule has 1 saturated carbocycles. The summed E-state index contributed by atoms with van der Waals surface area (Å²) >= 11 is 0. The van der Waals surface area contributed by atoms with Crippen molar-refractivity contribution in [2.45, 2.75) is 31.5 Å². The summed E-state index contributed by atoms with van der Waals surface area (Å²) in [5.74, 6) is -0.614. The molecule has 18 heavy (non-hydrogen) atoms. The predicted molar refractivity (Wildman–Crippen MR) is 66.0 cm³/mol. The number of rotatable bonds is 5. The molecule has 4 heteroatoms. The van der Waals surface area contributed by atoms with Gasteiger partial charge in [0.25, 0.3) is 0 Å². The van der Waals surface area contributed by atoms with Crippen LogP contribution in [-0.2, 0) is 19.9 Å². The average Bonchev–Trinajstić information content (AvgIpc) is 3.19. The van der Waals surface area contributed by atoms with Gasteiger partial charge in [-0.1, -0.05) is 18.2 Å². The van der Waals surface area contributed by atoms with Gasteiger partial charge in [0.05, 0.1) is 12.2 Å². The smallest absolute Gasteiger partial charge is 0.339 e. The molecule has 0 amide bonds. The third-order valence-corrected chi connectivity index (χ3v) is 3.33. The zero-order valence-corrected chi connectivity index (χ0v) is 10.7. The lowest BCUT2D eigenvalue weighted by atomic mass is 10.0. The number of aliphatic hydroxyl groups is 1. The van der Waals surface area contributed by atoms with Crippen LogP contribution in [0.15, 0.2) is 24.3 Å². The van der Waals surface area contributed by atoms with Gasteiger partial charge in [-0.15, -0.1) is 0 Å². The Morgan fingerprint density at radius 1 is 1.50 bits per heavy atom. The molecule has 98 valence electrons. The van der Waals surface area contributed by atoms with Crippen LogP contribution in [0.25, 0.3) is 0 Å². The van der Waals surface area contributed by atoms with Gasteiger partial charge in [-0.3, -0.25) is 0 Å². The van der Waals surface area contributed by atoms with Crippen LogP contribution in [0, 0.1) is 0 Å². The highest BCUT2D eigenvalue weighted by Gasteiger charge is 2.44. The molecule has 1 atom stereocenters. The Kier molecular flexibility index (Phi) is 3.68. The van der Waals surface area contributed by atoms with E-state index >= 15 is 0 Å². The van der Waals surface area contributed by atoms with Gasteiger partial charge in [0.2, 0.25) is 0 Å². The molecule has 0 aromatic heterocycles. The zero-order valence-electron chi connectivity index (χ0n) is 10.7. The van der Waals surface area contributed by atoms with E-state index in [1.807, 2.05) is 18.2 Å². The molecular formula is C14H18O4. The van der Waals surface area contributed by atoms with Gasteiger partial charge in [-0.25, -0.2) is 4.79 Å². The first-order valence-corrected chi connectivity index (χ1v) is 6.13. The van der Waals surface area contributed by atoms with Crippen LogP contribution >= 0.6 is 0 Å². The second kappa shape index (κ2) is 5.08. The second-order valence-electron chi connectivity index (χ2n) is 4.48. The lowest BCUT2D eigenvalue weighted by Gasteiger charge is -2.16. The van der Waals surface area contributed by atoms with Crippen LogP contribution in [-0.4, -0.2) is 24.8 Å². The van der Waals surface area contributed by atoms with E-state index in [1.165, 1.54) is 0 Å². The Hall–Kier alpha value is -1.39. The Bertz CT molecular complexity index is 437. The summed E-state index contributed by atoms with van der Waals surface area (Å²) in [7, 11) is 1.68. The summed E-state index contributed by atoms with van der Waals surface area (Å²) in [5.41, 5.74) is 1.34. The highest BCUT2D eigenvalue weighted by Crippen LogP contribution is 2.48. The Morgan fingerprint density at radius 2 is 2.22 bits per heavy atom. The third-order valence-electron chi connectivity index (χ3n) is 3.33. The van der Waals surface area contributed by atoms with E-state index in [4.69, 9.17) is 9.47 Å². The number of hydrogen-bond donors (Lipinski definition) is 1. The maximum Gasteiger partial charge on any atom is 0.339 e. The first-order valence-electron chi connectivity index (χ1n) is 6.13. The number of methoxy groups -OCH3 is 1. The maximum absolute atomic E-state index is 11.5. The van der Waals surface area contributed by atoms with Crippen LogP contribution in [0.1, 0.15) is 37.0 Å². The van der Waals surface area contributed by atoms with Crippen LogP contribution < -0.4 is 0 Å². The molecule has 1 fully saturated rings. The fourth-order valence-corrected chi connectivity index (χ4v) is 2.07. The molecule has 1 aromatic rings. The standard InChI is InChI=1S/C14H18O4/c1-3-18-13(16)12(15)10-5-4-6-11(9-10)14(17-2)7-8-14/h4-6,9,12,15H,3,7-8H2,1-2H3. The van der Waals surface area contributed by atoms with Crippen molar-refractivity contribution in [1.29, 1.82) is 0 Å². The van der Waals surface area contributed by atoms with Crippen LogP contribution in [0.5, 0.6) is 0 Å². The van der Waals surface area contributed by atoms with Gasteiger partial charge < -0.3 is 14.6 Å². The summed E-state index contributed by atoms with van der Waals surface area (Å²) in [6.45, 7) is 1.97. The van der Waals surface area contributed by atoms with Crippen molar-refractivity contribution in [3.63, 3.8) is 0 Å². The predicted octanol–water partition coefficient (Wildman–Crippen LogP) is 1.92. The molecule has 4 nitrogen and oxygen atoms in total. The Balaban J connectivity index is 2.19.